The minimum absolute atomic E-state index is 0. The highest BCUT2D eigenvalue weighted by molar-refractivity contribution is 5.94. The van der Waals surface area contributed by atoms with Crippen LogP contribution in [0.5, 0.6) is 0 Å². The van der Waals surface area contributed by atoms with Crippen molar-refractivity contribution >= 4 is 18.3 Å². The van der Waals surface area contributed by atoms with Crippen molar-refractivity contribution < 1.29 is 4.79 Å². The van der Waals surface area contributed by atoms with Gasteiger partial charge in [0.1, 0.15) is 0 Å². The molecule has 1 aromatic rings. The van der Waals surface area contributed by atoms with Gasteiger partial charge in [0.15, 0.2) is 0 Å². The van der Waals surface area contributed by atoms with Crippen LogP contribution in [0.15, 0.2) is 24.3 Å². The quantitative estimate of drug-likeness (QED) is 0.857. The third kappa shape index (κ3) is 5.47. The van der Waals surface area contributed by atoms with Crippen molar-refractivity contribution in [1.82, 2.24) is 15.5 Å². The lowest BCUT2D eigenvalue weighted by atomic mass is 9.84. The molecule has 1 amide bonds. The monoisotopic (exact) mass is 351 g/mol. The fourth-order valence-corrected chi connectivity index (χ4v) is 3.71. The summed E-state index contributed by atoms with van der Waals surface area (Å²) in [6.45, 7) is 5.92. The molecule has 0 atom stereocenters. The maximum absolute atomic E-state index is 12.2. The molecule has 0 bridgehead atoms. The zero-order chi connectivity index (χ0) is 15.9. The highest BCUT2D eigenvalue weighted by Crippen LogP contribution is 2.32. The van der Waals surface area contributed by atoms with E-state index in [1.165, 1.54) is 37.7 Å². The zero-order valence-electron chi connectivity index (χ0n) is 14.4. The zero-order valence-corrected chi connectivity index (χ0v) is 15.2. The van der Waals surface area contributed by atoms with Crippen molar-refractivity contribution in [3.05, 3.63) is 35.4 Å². The Morgan fingerprint density at radius 3 is 2.42 bits per heavy atom. The van der Waals surface area contributed by atoms with Gasteiger partial charge in [-0.05, 0) is 36.5 Å². The number of carbonyl (C=O) groups excluding carboxylic acids is 1. The number of benzene rings is 1. The van der Waals surface area contributed by atoms with Gasteiger partial charge in [0.2, 0.25) is 0 Å². The molecule has 134 valence electrons. The Bertz CT molecular complexity index is 494. The van der Waals surface area contributed by atoms with E-state index in [0.717, 1.165) is 44.8 Å². The molecule has 0 spiro atoms. The molecule has 2 N–H and O–H groups in total. The minimum atomic E-state index is 0. The van der Waals surface area contributed by atoms with Crippen molar-refractivity contribution in [3.63, 3.8) is 0 Å². The summed E-state index contributed by atoms with van der Waals surface area (Å²) in [6, 6.07) is 8.29. The predicted molar refractivity (Wildman–Crippen MR) is 101 cm³/mol. The van der Waals surface area contributed by atoms with Crippen LogP contribution in [0.3, 0.4) is 0 Å². The molecule has 4 nitrogen and oxygen atoms in total. The predicted octanol–water partition coefficient (Wildman–Crippen LogP) is 2.79. The number of nitrogens with zero attached hydrogens (tertiary/aromatic N) is 1. The normalized spacial score (nSPS) is 19.5. The van der Waals surface area contributed by atoms with Gasteiger partial charge in [-0.25, -0.2) is 0 Å². The van der Waals surface area contributed by atoms with E-state index in [-0.39, 0.29) is 18.3 Å². The molecule has 1 saturated carbocycles. The molecule has 5 heteroatoms. The summed E-state index contributed by atoms with van der Waals surface area (Å²) >= 11 is 0. The highest BCUT2D eigenvalue weighted by atomic mass is 35.5. The fourth-order valence-electron chi connectivity index (χ4n) is 3.71. The third-order valence-corrected chi connectivity index (χ3v) is 5.17. The summed E-state index contributed by atoms with van der Waals surface area (Å²) in [5.41, 5.74) is 2.19. The number of piperazine rings is 1. The molecule has 0 aromatic heterocycles. The highest BCUT2D eigenvalue weighted by Gasteiger charge is 2.16. The number of amides is 1. The molecule has 1 saturated heterocycles. The summed E-state index contributed by atoms with van der Waals surface area (Å²) in [5.74, 6) is 0.754. The van der Waals surface area contributed by atoms with E-state index in [0.29, 0.717) is 5.92 Å². The van der Waals surface area contributed by atoms with Crippen LogP contribution in [-0.4, -0.2) is 50.1 Å². The van der Waals surface area contributed by atoms with E-state index in [4.69, 9.17) is 0 Å². The molecule has 24 heavy (non-hydrogen) atoms. The first-order valence-corrected chi connectivity index (χ1v) is 9.14. The van der Waals surface area contributed by atoms with Gasteiger partial charge < -0.3 is 10.6 Å². The van der Waals surface area contributed by atoms with Gasteiger partial charge >= 0.3 is 0 Å². The number of nitrogens with one attached hydrogen (secondary N) is 2. The Morgan fingerprint density at radius 2 is 1.75 bits per heavy atom. The standard InChI is InChI=1S/C19H29N3O.ClH/c23-19(21-12-15-22-13-10-20-11-14-22)18-8-6-17(7-9-18)16-4-2-1-3-5-16;/h6-9,16,20H,1-5,10-15H2,(H,21,23);1H. The van der Waals surface area contributed by atoms with E-state index in [9.17, 15) is 4.79 Å². The summed E-state index contributed by atoms with van der Waals surface area (Å²) in [4.78, 5) is 14.6. The minimum Gasteiger partial charge on any atom is -0.351 e. The topological polar surface area (TPSA) is 44.4 Å². The number of halogens is 1. The summed E-state index contributed by atoms with van der Waals surface area (Å²) in [5, 5.41) is 6.39. The Labute approximate surface area is 151 Å². The average molecular weight is 352 g/mol. The van der Waals surface area contributed by atoms with Gasteiger partial charge in [-0.3, -0.25) is 9.69 Å². The van der Waals surface area contributed by atoms with Crippen molar-refractivity contribution in [1.29, 1.82) is 0 Å². The fraction of sp³-hybridized carbons (Fsp3) is 0.632. The van der Waals surface area contributed by atoms with E-state index in [2.05, 4.69) is 27.7 Å². The third-order valence-electron chi connectivity index (χ3n) is 5.17. The van der Waals surface area contributed by atoms with Gasteiger partial charge in [0, 0.05) is 44.8 Å². The second-order valence-electron chi connectivity index (χ2n) is 6.80. The summed E-state index contributed by atoms with van der Waals surface area (Å²) in [7, 11) is 0. The maximum atomic E-state index is 12.2. The van der Waals surface area contributed by atoms with Crippen molar-refractivity contribution in [2.45, 2.75) is 38.0 Å². The van der Waals surface area contributed by atoms with Gasteiger partial charge in [0.25, 0.3) is 5.91 Å². The first kappa shape index (κ1) is 19.2. The van der Waals surface area contributed by atoms with Crippen molar-refractivity contribution in [3.8, 4) is 0 Å². The first-order valence-electron chi connectivity index (χ1n) is 9.14. The Balaban J connectivity index is 0.00000208. The molecule has 2 aliphatic rings. The van der Waals surface area contributed by atoms with Crippen LogP contribution in [0.2, 0.25) is 0 Å². The molecule has 1 aromatic carbocycles. The molecule has 2 fully saturated rings. The van der Waals surface area contributed by atoms with Gasteiger partial charge in [-0.15, -0.1) is 12.4 Å². The number of rotatable bonds is 5. The molecule has 3 rings (SSSR count). The van der Waals surface area contributed by atoms with Crippen molar-refractivity contribution in [2.24, 2.45) is 0 Å². The van der Waals surface area contributed by atoms with E-state index in [1.807, 2.05) is 12.1 Å². The van der Waals surface area contributed by atoms with Crippen LogP contribution >= 0.6 is 12.4 Å². The van der Waals surface area contributed by atoms with Crippen LogP contribution in [0.1, 0.15) is 53.9 Å². The Morgan fingerprint density at radius 1 is 1.08 bits per heavy atom. The molecular weight excluding hydrogens is 322 g/mol. The number of carbonyl (C=O) groups is 1. The average Bonchev–Trinajstić information content (AvgIpc) is 2.63. The van der Waals surface area contributed by atoms with Gasteiger partial charge in [-0.2, -0.15) is 0 Å². The lowest BCUT2D eigenvalue weighted by Gasteiger charge is -2.27. The SMILES string of the molecule is Cl.O=C(NCCN1CCNCC1)c1ccc(C2CCCCC2)cc1. The van der Waals surface area contributed by atoms with Crippen LogP contribution in [-0.2, 0) is 0 Å². The number of hydrogen-bond acceptors (Lipinski definition) is 3. The molecule has 1 aliphatic heterocycles. The lowest BCUT2D eigenvalue weighted by Crippen LogP contribution is -2.46. The van der Waals surface area contributed by atoms with Crippen LogP contribution in [0.25, 0.3) is 0 Å². The Hall–Kier alpha value is -1.10. The van der Waals surface area contributed by atoms with Gasteiger partial charge in [-0.1, -0.05) is 31.4 Å². The van der Waals surface area contributed by atoms with Crippen LogP contribution in [0, 0.1) is 0 Å². The summed E-state index contributed by atoms with van der Waals surface area (Å²) < 4.78 is 0. The molecule has 1 aliphatic carbocycles. The van der Waals surface area contributed by atoms with E-state index >= 15 is 0 Å². The lowest BCUT2D eigenvalue weighted by molar-refractivity contribution is 0.0947. The van der Waals surface area contributed by atoms with E-state index in [1.54, 1.807) is 0 Å². The summed E-state index contributed by atoms with van der Waals surface area (Å²) in [6.07, 6.45) is 6.67. The maximum Gasteiger partial charge on any atom is 0.251 e. The second kappa shape index (κ2) is 10.0. The van der Waals surface area contributed by atoms with Crippen LogP contribution < -0.4 is 10.6 Å². The van der Waals surface area contributed by atoms with Gasteiger partial charge in [0.05, 0.1) is 0 Å². The smallest absolute Gasteiger partial charge is 0.251 e. The molecular formula is C19H30ClN3O. The first-order chi connectivity index (χ1) is 11.3. The molecule has 1 heterocycles. The van der Waals surface area contributed by atoms with E-state index < -0.39 is 0 Å². The second-order valence-corrected chi connectivity index (χ2v) is 6.80. The number of hydrogen-bond donors (Lipinski definition) is 2. The Kier molecular flexibility index (Phi) is 8.03. The molecule has 0 unspecified atom stereocenters. The van der Waals surface area contributed by atoms with Crippen molar-refractivity contribution in [2.75, 3.05) is 39.3 Å². The molecule has 0 radical (unpaired) electrons. The van der Waals surface area contributed by atoms with Crippen LogP contribution in [0.4, 0.5) is 0 Å². The largest absolute Gasteiger partial charge is 0.351 e.